The van der Waals surface area contributed by atoms with Crippen molar-refractivity contribution < 1.29 is 9.18 Å². The number of aromatic nitrogens is 4. The number of pyridine rings is 1. The predicted octanol–water partition coefficient (Wildman–Crippen LogP) is 4.64. The Hall–Kier alpha value is -3.65. The summed E-state index contributed by atoms with van der Waals surface area (Å²) in [4.78, 5) is 28.0. The van der Waals surface area contributed by atoms with Gasteiger partial charge < -0.3 is 4.90 Å². The largest absolute Gasteiger partial charge is 0.305 e. The van der Waals surface area contributed by atoms with E-state index in [9.17, 15) is 9.18 Å². The van der Waals surface area contributed by atoms with Crippen molar-refractivity contribution in [3.63, 3.8) is 0 Å². The number of fused-ring (bicyclic) bond motifs is 1. The van der Waals surface area contributed by atoms with Gasteiger partial charge in [0.25, 0.3) is 0 Å². The molecule has 7 nitrogen and oxygen atoms in total. The van der Waals surface area contributed by atoms with Crippen LogP contribution in [0.15, 0.2) is 54.9 Å². The van der Waals surface area contributed by atoms with Gasteiger partial charge in [-0.2, -0.15) is 0 Å². The molecule has 3 aromatic heterocycles. The standard InChI is InChI=1S/C25H27FN6O/c1-16(2)13-22(33)30-25-27-11-9-20(28-25)24-23(18-5-7-19(26)8-6-18)29-21-14-17(15-31(3)4)10-12-32(21)24/h5-12,14,16H,13,15H2,1-4H3,(H,27,28,30,33). The van der Waals surface area contributed by atoms with Crippen molar-refractivity contribution in [1.29, 1.82) is 0 Å². The van der Waals surface area contributed by atoms with E-state index in [4.69, 9.17) is 4.98 Å². The highest BCUT2D eigenvalue weighted by Crippen LogP contribution is 2.32. The molecule has 1 aromatic carbocycles. The van der Waals surface area contributed by atoms with Gasteiger partial charge in [-0.3, -0.25) is 14.5 Å². The van der Waals surface area contributed by atoms with Gasteiger partial charge >= 0.3 is 0 Å². The van der Waals surface area contributed by atoms with Crippen molar-refractivity contribution in [2.75, 3.05) is 19.4 Å². The lowest BCUT2D eigenvalue weighted by Gasteiger charge is -2.10. The lowest BCUT2D eigenvalue weighted by atomic mass is 10.1. The Balaban J connectivity index is 1.83. The van der Waals surface area contributed by atoms with E-state index in [1.165, 1.54) is 12.1 Å². The fourth-order valence-corrected chi connectivity index (χ4v) is 3.70. The molecule has 8 heteroatoms. The second kappa shape index (κ2) is 9.46. The Labute approximate surface area is 192 Å². The molecule has 0 aliphatic heterocycles. The van der Waals surface area contributed by atoms with Crippen LogP contribution < -0.4 is 5.32 Å². The first kappa shape index (κ1) is 22.5. The second-order valence-electron chi connectivity index (χ2n) is 8.73. The maximum Gasteiger partial charge on any atom is 0.229 e. The molecule has 0 radical (unpaired) electrons. The first-order valence-corrected chi connectivity index (χ1v) is 10.8. The normalized spacial score (nSPS) is 11.5. The first-order valence-electron chi connectivity index (χ1n) is 10.8. The monoisotopic (exact) mass is 446 g/mol. The molecule has 0 fully saturated rings. The van der Waals surface area contributed by atoms with Crippen LogP contribution in [0, 0.1) is 11.7 Å². The smallest absolute Gasteiger partial charge is 0.229 e. The summed E-state index contributed by atoms with van der Waals surface area (Å²) in [5, 5.41) is 2.78. The third kappa shape index (κ3) is 5.23. The number of hydrogen-bond donors (Lipinski definition) is 1. The fourth-order valence-electron chi connectivity index (χ4n) is 3.70. The van der Waals surface area contributed by atoms with Crippen LogP contribution in [0.25, 0.3) is 28.3 Å². The van der Waals surface area contributed by atoms with Crippen LogP contribution in [0.1, 0.15) is 25.8 Å². The molecule has 0 bridgehead atoms. The molecule has 1 amide bonds. The summed E-state index contributed by atoms with van der Waals surface area (Å²) in [5.74, 6) is 0.0256. The van der Waals surface area contributed by atoms with Crippen LogP contribution in [-0.4, -0.2) is 44.3 Å². The van der Waals surface area contributed by atoms with Gasteiger partial charge in [0.1, 0.15) is 11.5 Å². The quantitative estimate of drug-likeness (QED) is 0.448. The molecule has 0 unspecified atom stereocenters. The summed E-state index contributed by atoms with van der Waals surface area (Å²) >= 11 is 0. The minimum Gasteiger partial charge on any atom is -0.305 e. The lowest BCUT2D eigenvalue weighted by molar-refractivity contribution is -0.116. The van der Waals surface area contributed by atoms with E-state index in [2.05, 4.69) is 20.2 Å². The summed E-state index contributed by atoms with van der Waals surface area (Å²) in [6, 6.07) is 12.1. The number of nitrogens with one attached hydrogen (secondary N) is 1. The van der Waals surface area contributed by atoms with Gasteiger partial charge in [0.2, 0.25) is 11.9 Å². The molecule has 4 rings (SSSR count). The number of imidazole rings is 1. The molecule has 1 N–H and O–H groups in total. The molecule has 0 aliphatic carbocycles. The van der Waals surface area contributed by atoms with Crippen LogP contribution in [0.4, 0.5) is 10.3 Å². The summed E-state index contributed by atoms with van der Waals surface area (Å²) in [6.45, 7) is 4.74. The third-order valence-corrected chi connectivity index (χ3v) is 5.05. The zero-order valence-electron chi connectivity index (χ0n) is 19.2. The van der Waals surface area contributed by atoms with E-state index in [0.29, 0.717) is 17.8 Å². The van der Waals surface area contributed by atoms with E-state index in [1.54, 1.807) is 24.4 Å². The van der Waals surface area contributed by atoms with Gasteiger partial charge in [-0.05, 0) is 68.0 Å². The average Bonchev–Trinajstić information content (AvgIpc) is 3.12. The van der Waals surface area contributed by atoms with Crippen molar-refractivity contribution in [2.45, 2.75) is 26.8 Å². The molecular weight excluding hydrogens is 419 g/mol. The Kier molecular flexibility index (Phi) is 6.46. The van der Waals surface area contributed by atoms with Crippen molar-refractivity contribution in [3.05, 3.63) is 66.2 Å². The highest BCUT2D eigenvalue weighted by atomic mass is 19.1. The van der Waals surface area contributed by atoms with Crippen LogP contribution >= 0.6 is 0 Å². The van der Waals surface area contributed by atoms with Crippen LogP contribution in [0.3, 0.4) is 0 Å². The number of benzene rings is 1. The number of anilines is 1. The van der Waals surface area contributed by atoms with E-state index in [0.717, 1.165) is 29.0 Å². The molecule has 0 aliphatic rings. The fraction of sp³-hybridized carbons (Fsp3) is 0.280. The van der Waals surface area contributed by atoms with Crippen LogP contribution in [0.5, 0.6) is 0 Å². The van der Waals surface area contributed by atoms with Crippen LogP contribution in [-0.2, 0) is 11.3 Å². The molecule has 0 spiro atoms. The first-order chi connectivity index (χ1) is 15.8. The predicted molar refractivity (Wildman–Crippen MR) is 127 cm³/mol. The van der Waals surface area contributed by atoms with Gasteiger partial charge in [-0.25, -0.2) is 19.3 Å². The highest BCUT2D eigenvalue weighted by Gasteiger charge is 2.19. The van der Waals surface area contributed by atoms with E-state index >= 15 is 0 Å². The zero-order chi connectivity index (χ0) is 23.5. The zero-order valence-corrected chi connectivity index (χ0v) is 19.2. The van der Waals surface area contributed by atoms with Gasteiger partial charge in [0.15, 0.2) is 0 Å². The SMILES string of the molecule is CC(C)CC(=O)Nc1nccc(-c2c(-c3ccc(F)cc3)nc3cc(CN(C)C)ccn23)n1. The van der Waals surface area contributed by atoms with Gasteiger partial charge in [0.05, 0.1) is 17.1 Å². The lowest BCUT2D eigenvalue weighted by Crippen LogP contribution is -2.16. The van der Waals surface area contributed by atoms with Gasteiger partial charge in [-0.1, -0.05) is 13.8 Å². The molecule has 33 heavy (non-hydrogen) atoms. The molecule has 0 saturated heterocycles. The van der Waals surface area contributed by atoms with Crippen molar-refractivity contribution >= 4 is 17.5 Å². The van der Waals surface area contributed by atoms with Crippen molar-refractivity contribution in [1.82, 2.24) is 24.3 Å². The van der Waals surface area contributed by atoms with E-state index in [-0.39, 0.29) is 23.6 Å². The van der Waals surface area contributed by atoms with Gasteiger partial charge in [-0.15, -0.1) is 0 Å². The van der Waals surface area contributed by atoms with E-state index in [1.807, 2.05) is 50.7 Å². The molecular formula is C25H27FN6O. The van der Waals surface area contributed by atoms with Crippen molar-refractivity contribution in [3.8, 4) is 22.6 Å². The number of rotatable bonds is 7. The number of hydrogen-bond acceptors (Lipinski definition) is 5. The molecule has 4 aromatic rings. The highest BCUT2D eigenvalue weighted by molar-refractivity contribution is 5.89. The summed E-state index contributed by atoms with van der Waals surface area (Å²) < 4.78 is 15.5. The topological polar surface area (TPSA) is 75.4 Å². The Morgan fingerprint density at radius 3 is 2.58 bits per heavy atom. The number of amides is 1. The Morgan fingerprint density at radius 2 is 1.88 bits per heavy atom. The number of carbonyl (C=O) groups excluding carboxylic acids is 1. The number of carbonyl (C=O) groups is 1. The minimum atomic E-state index is -0.311. The molecule has 170 valence electrons. The molecule has 0 atom stereocenters. The average molecular weight is 447 g/mol. The Morgan fingerprint density at radius 1 is 1.12 bits per heavy atom. The molecule has 3 heterocycles. The maximum absolute atomic E-state index is 13.6. The van der Waals surface area contributed by atoms with Crippen LogP contribution in [0.2, 0.25) is 0 Å². The summed E-state index contributed by atoms with van der Waals surface area (Å²) in [5.41, 5.74) is 4.68. The van der Waals surface area contributed by atoms with Crippen molar-refractivity contribution in [2.24, 2.45) is 5.92 Å². The number of nitrogens with zero attached hydrogens (tertiary/aromatic N) is 5. The minimum absolute atomic E-state index is 0.132. The third-order valence-electron chi connectivity index (χ3n) is 5.05. The van der Waals surface area contributed by atoms with Gasteiger partial charge in [0, 0.05) is 30.9 Å². The summed E-state index contributed by atoms with van der Waals surface area (Å²) in [6.07, 6.45) is 3.96. The summed E-state index contributed by atoms with van der Waals surface area (Å²) in [7, 11) is 4.03. The number of halogens is 1. The second-order valence-corrected chi connectivity index (χ2v) is 8.73. The molecule has 0 saturated carbocycles. The Bertz CT molecular complexity index is 1280. The maximum atomic E-state index is 13.6. The van der Waals surface area contributed by atoms with E-state index < -0.39 is 0 Å².